The smallest absolute Gasteiger partial charge is 0.224 e. The molecule has 3 heterocycles. The Morgan fingerprint density at radius 1 is 1.21 bits per heavy atom. The molecule has 6 N–H and O–H groups in total. The molecule has 0 aliphatic carbocycles. The van der Waals surface area contributed by atoms with Crippen LogP contribution in [0.2, 0.25) is 0 Å². The van der Waals surface area contributed by atoms with Crippen molar-refractivity contribution in [2.75, 3.05) is 18.1 Å². The molecule has 1 aromatic carbocycles. The van der Waals surface area contributed by atoms with E-state index in [0.717, 1.165) is 5.56 Å². The standard InChI is InChI=1S/C19H19N7O3/c20-8-11-3-1-10(2-4-11)5-6-14-23-16-17(21)24-19(22)25-18(16)26(14)15-7-12(28)13(9-27)29-15/h1-6,12-13,15,27-28H,7,9H2,(H4,21,22,24,25)/t12-,13+,15+/m0/s1. The van der Waals surface area contributed by atoms with Gasteiger partial charge in [0, 0.05) is 6.42 Å². The molecule has 1 fully saturated rings. The molecule has 0 saturated carbocycles. The van der Waals surface area contributed by atoms with Gasteiger partial charge in [0.1, 0.15) is 18.2 Å². The number of nitrogens with zero attached hydrogens (tertiary/aromatic N) is 5. The van der Waals surface area contributed by atoms with Crippen LogP contribution < -0.4 is 11.5 Å². The van der Waals surface area contributed by atoms with Crippen LogP contribution in [0.15, 0.2) is 24.3 Å². The SMILES string of the molecule is N#Cc1ccc(C=Cc2nc3c(N)nc(N)nc3n2[C@H]2C[C@H](O)[C@@H](CO)O2)cc1. The number of nitrogen functional groups attached to an aromatic ring is 2. The monoisotopic (exact) mass is 393 g/mol. The molecule has 3 atom stereocenters. The normalized spacial score (nSPS) is 21.8. The lowest BCUT2D eigenvalue weighted by atomic mass is 10.1. The second-order valence-electron chi connectivity index (χ2n) is 6.66. The number of rotatable bonds is 4. The van der Waals surface area contributed by atoms with E-state index in [-0.39, 0.29) is 24.8 Å². The van der Waals surface area contributed by atoms with Crippen molar-refractivity contribution in [3.05, 3.63) is 41.2 Å². The summed E-state index contributed by atoms with van der Waals surface area (Å²) in [6.07, 6.45) is 1.68. The van der Waals surface area contributed by atoms with Crippen LogP contribution in [0, 0.1) is 11.3 Å². The third-order valence-corrected chi connectivity index (χ3v) is 4.75. The summed E-state index contributed by atoms with van der Waals surface area (Å²) >= 11 is 0. The first-order chi connectivity index (χ1) is 14.0. The minimum absolute atomic E-state index is 0.00368. The van der Waals surface area contributed by atoms with E-state index in [1.54, 1.807) is 22.8 Å². The van der Waals surface area contributed by atoms with Gasteiger partial charge >= 0.3 is 0 Å². The lowest BCUT2D eigenvalue weighted by Crippen LogP contribution is -2.24. The number of ether oxygens (including phenoxy) is 1. The maximum Gasteiger partial charge on any atom is 0.224 e. The summed E-state index contributed by atoms with van der Waals surface area (Å²) in [4.78, 5) is 12.7. The number of benzene rings is 1. The van der Waals surface area contributed by atoms with E-state index in [2.05, 4.69) is 21.0 Å². The third kappa shape index (κ3) is 3.50. The van der Waals surface area contributed by atoms with Crippen LogP contribution in [0.1, 0.15) is 29.6 Å². The first-order valence-corrected chi connectivity index (χ1v) is 8.93. The molecule has 1 saturated heterocycles. The Morgan fingerprint density at radius 2 is 1.97 bits per heavy atom. The molecule has 4 rings (SSSR count). The van der Waals surface area contributed by atoms with Crippen molar-refractivity contribution in [2.45, 2.75) is 24.9 Å². The van der Waals surface area contributed by atoms with Gasteiger partial charge < -0.3 is 26.4 Å². The highest BCUT2D eigenvalue weighted by Crippen LogP contribution is 2.34. The van der Waals surface area contributed by atoms with Crippen molar-refractivity contribution >= 4 is 35.1 Å². The highest BCUT2D eigenvalue weighted by molar-refractivity contribution is 5.85. The number of anilines is 2. The van der Waals surface area contributed by atoms with Crippen molar-refractivity contribution in [1.29, 1.82) is 5.26 Å². The Labute approximate surface area is 165 Å². The molecule has 1 aliphatic heterocycles. The maximum absolute atomic E-state index is 10.1. The minimum Gasteiger partial charge on any atom is -0.394 e. The molecule has 2 aromatic heterocycles. The van der Waals surface area contributed by atoms with Crippen LogP contribution in [-0.2, 0) is 4.74 Å². The third-order valence-electron chi connectivity index (χ3n) is 4.75. The molecule has 0 bridgehead atoms. The predicted octanol–water partition coefficient (Wildman–Crippen LogP) is 0.673. The van der Waals surface area contributed by atoms with Crippen LogP contribution in [-0.4, -0.2) is 48.5 Å². The average molecular weight is 393 g/mol. The molecule has 148 valence electrons. The largest absolute Gasteiger partial charge is 0.394 e. The summed E-state index contributed by atoms with van der Waals surface area (Å²) < 4.78 is 7.47. The molecule has 29 heavy (non-hydrogen) atoms. The highest BCUT2D eigenvalue weighted by atomic mass is 16.5. The molecule has 10 heteroatoms. The maximum atomic E-state index is 10.1. The lowest BCUT2D eigenvalue weighted by molar-refractivity contribution is -0.0433. The molecular weight excluding hydrogens is 374 g/mol. The fourth-order valence-corrected chi connectivity index (χ4v) is 3.31. The fraction of sp³-hybridized carbons (Fsp3) is 0.263. The number of aliphatic hydroxyl groups is 2. The van der Waals surface area contributed by atoms with E-state index in [1.807, 2.05) is 18.2 Å². The van der Waals surface area contributed by atoms with Gasteiger partial charge in [-0.3, -0.25) is 4.57 Å². The van der Waals surface area contributed by atoms with E-state index in [4.69, 9.17) is 21.5 Å². The zero-order chi connectivity index (χ0) is 20.5. The summed E-state index contributed by atoms with van der Waals surface area (Å²) in [5.41, 5.74) is 13.9. The molecule has 0 spiro atoms. The zero-order valence-electron chi connectivity index (χ0n) is 15.3. The minimum atomic E-state index is -0.825. The van der Waals surface area contributed by atoms with Gasteiger partial charge in [0.2, 0.25) is 5.95 Å². The Balaban J connectivity index is 1.79. The lowest BCUT2D eigenvalue weighted by Gasteiger charge is -2.15. The number of nitriles is 1. The molecule has 3 aromatic rings. The second kappa shape index (κ2) is 7.48. The number of aromatic nitrogens is 4. The van der Waals surface area contributed by atoms with E-state index in [9.17, 15) is 10.2 Å². The topological polar surface area (TPSA) is 169 Å². The molecule has 0 unspecified atom stereocenters. The molecular formula is C19H19N7O3. The Morgan fingerprint density at radius 3 is 2.62 bits per heavy atom. The van der Waals surface area contributed by atoms with Crippen molar-refractivity contribution in [1.82, 2.24) is 19.5 Å². The number of fused-ring (bicyclic) bond motifs is 1. The van der Waals surface area contributed by atoms with E-state index in [0.29, 0.717) is 22.6 Å². The Bertz CT molecular complexity index is 1120. The van der Waals surface area contributed by atoms with Gasteiger partial charge in [-0.05, 0) is 23.8 Å². The molecule has 1 aliphatic rings. The summed E-state index contributed by atoms with van der Waals surface area (Å²) in [6.45, 7) is -0.306. The Hall–Kier alpha value is -3.52. The number of aliphatic hydroxyl groups excluding tert-OH is 2. The first kappa shape index (κ1) is 18.8. The van der Waals surface area contributed by atoms with Gasteiger partial charge in [-0.2, -0.15) is 15.2 Å². The van der Waals surface area contributed by atoms with Crippen LogP contribution in [0.3, 0.4) is 0 Å². The van der Waals surface area contributed by atoms with E-state index < -0.39 is 18.4 Å². The van der Waals surface area contributed by atoms with E-state index >= 15 is 0 Å². The van der Waals surface area contributed by atoms with Gasteiger partial charge in [-0.1, -0.05) is 18.2 Å². The molecule has 0 radical (unpaired) electrons. The van der Waals surface area contributed by atoms with Crippen molar-refractivity contribution in [3.63, 3.8) is 0 Å². The molecule has 10 nitrogen and oxygen atoms in total. The van der Waals surface area contributed by atoms with Gasteiger partial charge in [-0.25, -0.2) is 4.98 Å². The van der Waals surface area contributed by atoms with Crippen LogP contribution in [0.5, 0.6) is 0 Å². The number of hydrogen-bond donors (Lipinski definition) is 4. The average Bonchev–Trinajstić information content (AvgIpc) is 3.26. The van der Waals surface area contributed by atoms with Crippen molar-refractivity contribution in [3.8, 4) is 6.07 Å². The van der Waals surface area contributed by atoms with Crippen molar-refractivity contribution in [2.24, 2.45) is 0 Å². The van der Waals surface area contributed by atoms with Gasteiger partial charge in [0.05, 0.1) is 24.3 Å². The number of hydrogen-bond acceptors (Lipinski definition) is 9. The quantitative estimate of drug-likeness (QED) is 0.497. The van der Waals surface area contributed by atoms with Gasteiger partial charge in [-0.15, -0.1) is 0 Å². The fourth-order valence-electron chi connectivity index (χ4n) is 3.31. The molecule has 0 amide bonds. The van der Waals surface area contributed by atoms with E-state index in [1.165, 1.54) is 0 Å². The zero-order valence-corrected chi connectivity index (χ0v) is 15.3. The summed E-state index contributed by atoms with van der Waals surface area (Å²) in [7, 11) is 0. The number of imidazole rings is 1. The van der Waals surface area contributed by atoms with Crippen LogP contribution in [0.4, 0.5) is 11.8 Å². The van der Waals surface area contributed by atoms with Gasteiger partial charge in [0.25, 0.3) is 0 Å². The second-order valence-corrected chi connectivity index (χ2v) is 6.66. The number of nitrogens with two attached hydrogens (primary N) is 2. The van der Waals surface area contributed by atoms with Crippen LogP contribution >= 0.6 is 0 Å². The van der Waals surface area contributed by atoms with Gasteiger partial charge in [0.15, 0.2) is 17.0 Å². The Kier molecular flexibility index (Phi) is 4.85. The first-order valence-electron chi connectivity index (χ1n) is 8.93. The van der Waals surface area contributed by atoms with Crippen LogP contribution in [0.25, 0.3) is 23.3 Å². The summed E-state index contributed by atoms with van der Waals surface area (Å²) in [6, 6.07) is 9.13. The highest BCUT2D eigenvalue weighted by Gasteiger charge is 2.36. The van der Waals surface area contributed by atoms with Crippen molar-refractivity contribution < 1.29 is 14.9 Å². The summed E-state index contributed by atoms with van der Waals surface area (Å²) in [5.74, 6) is 0.610. The predicted molar refractivity (Wildman–Crippen MR) is 106 cm³/mol. The summed E-state index contributed by atoms with van der Waals surface area (Å²) in [5, 5.41) is 28.5.